The third-order valence-corrected chi connectivity index (χ3v) is 5.30. The number of rotatable bonds is 4. The van der Waals surface area contributed by atoms with Gasteiger partial charge in [-0.25, -0.2) is 0 Å². The summed E-state index contributed by atoms with van der Waals surface area (Å²) < 4.78 is 0. The van der Waals surface area contributed by atoms with Gasteiger partial charge in [0.15, 0.2) is 0 Å². The van der Waals surface area contributed by atoms with Gasteiger partial charge in [0.25, 0.3) is 6.69 Å². The van der Waals surface area contributed by atoms with Crippen molar-refractivity contribution in [2.75, 3.05) is 0 Å². The van der Waals surface area contributed by atoms with Crippen LogP contribution in [0, 0.1) is 5.92 Å². The van der Waals surface area contributed by atoms with Crippen LogP contribution in [0.3, 0.4) is 0 Å². The Morgan fingerprint density at radius 3 is 2.30 bits per heavy atom. The Bertz CT molecular complexity index is 110. The van der Waals surface area contributed by atoms with Gasteiger partial charge in [-0.1, -0.05) is 19.9 Å². The van der Waals surface area contributed by atoms with E-state index in [0.717, 1.165) is 12.1 Å². The van der Waals surface area contributed by atoms with Gasteiger partial charge in [0.1, 0.15) is 0 Å². The minimum atomic E-state index is -1.94. The maximum Gasteiger partial charge on any atom is 0.255 e. The van der Waals surface area contributed by atoms with Crippen molar-refractivity contribution < 1.29 is 0 Å². The Morgan fingerprint density at radius 1 is 1.50 bits per heavy atom. The van der Waals surface area contributed by atoms with Crippen molar-refractivity contribution in [3.8, 4) is 0 Å². The molecular formula is C7H14Cl2Si. The molecule has 0 aromatic rings. The number of hydrogen-bond donors (Lipinski definition) is 0. The van der Waals surface area contributed by atoms with Crippen molar-refractivity contribution in [2.45, 2.75) is 25.9 Å². The second-order valence-electron chi connectivity index (χ2n) is 2.95. The third-order valence-electron chi connectivity index (χ3n) is 1.15. The molecule has 0 heterocycles. The molecule has 0 nitrogen and oxygen atoms in total. The molecule has 0 amide bonds. The van der Waals surface area contributed by atoms with E-state index in [2.05, 4.69) is 20.4 Å². The van der Waals surface area contributed by atoms with Crippen LogP contribution >= 0.6 is 22.2 Å². The van der Waals surface area contributed by atoms with E-state index in [1.807, 2.05) is 6.08 Å². The van der Waals surface area contributed by atoms with Gasteiger partial charge in [-0.15, -0.1) is 28.7 Å². The summed E-state index contributed by atoms with van der Waals surface area (Å²) >= 11 is 12.1. The first-order valence-electron chi connectivity index (χ1n) is 3.46. The minimum absolute atomic E-state index is 0.599. The first kappa shape index (κ1) is 10.5. The summed E-state index contributed by atoms with van der Waals surface area (Å²) in [6.07, 6.45) is 1.81. The Morgan fingerprint density at radius 2 is 2.00 bits per heavy atom. The van der Waals surface area contributed by atoms with E-state index in [4.69, 9.17) is 22.2 Å². The second kappa shape index (κ2) is 4.42. The number of halogens is 2. The van der Waals surface area contributed by atoms with Crippen LogP contribution < -0.4 is 0 Å². The lowest BCUT2D eigenvalue weighted by molar-refractivity contribution is 0.727. The van der Waals surface area contributed by atoms with Crippen LogP contribution in [0.2, 0.25) is 12.1 Å². The van der Waals surface area contributed by atoms with Gasteiger partial charge in [-0.2, -0.15) is 0 Å². The molecule has 0 rings (SSSR count). The van der Waals surface area contributed by atoms with Crippen molar-refractivity contribution in [3.05, 3.63) is 12.7 Å². The molecule has 0 saturated carbocycles. The molecule has 0 fully saturated rings. The lowest BCUT2D eigenvalue weighted by Crippen LogP contribution is -2.19. The Hall–Kier alpha value is 0.537. The molecule has 60 valence electrons. The largest absolute Gasteiger partial charge is 0.255 e. The highest BCUT2D eigenvalue weighted by Crippen LogP contribution is 2.29. The standard InChI is InChI=1S/C7H14Cl2Si/c1-4-5-10(8,9)6-7(2)3/h4,7H,1,5-6H2,2-3H3. The van der Waals surface area contributed by atoms with Crippen LogP contribution in [0.4, 0.5) is 0 Å². The van der Waals surface area contributed by atoms with Crippen molar-refractivity contribution in [2.24, 2.45) is 5.92 Å². The molecule has 0 aliphatic heterocycles. The van der Waals surface area contributed by atoms with E-state index in [1.54, 1.807) is 0 Å². The fraction of sp³-hybridized carbons (Fsp3) is 0.714. The summed E-state index contributed by atoms with van der Waals surface area (Å²) in [6.45, 7) is 5.95. The summed E-state index contributed by atoms with van der Waals surface area (Å²) in [5.41, 5.74) is 0. The molecule has 0 radical (unpaired) electrons. The van der Waals surface area contributed by atoms with E-state index in [0.29, 0.717) is 5.92 Å². The van der Waals surface area contributed by atoms with Crippen molar-refractivity contribution in [1.82, 2.24) is 0 Å². The maximum absolute atomic E-state index is 6.06. The lowest BCUT2D eigenvalue weighted by atomic mass is 10.3. The van der Waals surface area contributed by atoms with Crippen LogP contribution in [-0.2, 0) is 0 Å². The quantitative estimate of drug-likeness (QED) is 0.366. The molecule has 10 heavy (non-hydrogen) atoms. The van der Waals surface area contributed by atoms with Crippen LogP contribution in [0.25, 0.3) is 0 Å². The monoisotopic (exact) mass is 196 g/mol. The topological polar surface area (TPSA) is 0 Å². The zero-order chi connectivity index (χ0) is 8.20. The fourth-order valence-electron chi connectivity index (χ4n) is 0.892. The van der Waals surface area contributed by atoms with E-state index in [-0.39, 0.29) is 0 Å². The van der Waals surface area contributed by atoms with E-state index in [1.165, 1.54) is 0 Å². The molecular weight excluding hydrogens is 183 g/mol. The Labute approximate surface area is 73.6 Å². The summed E-state index contributed by atoms with van der Waals surface area (Å²) in [7, 11) is 0. The highest BCUT2D eigenvalue weighted by atomic mass is 35.7. The number of hydrogen-bond acceptors (Lipinski definition) is 0. The number of allylic oxidation sites excluding steroid dienone is 1. The zero-order valence-electron chi connectivity index (χ0n) is 6.53. The molecule has 0 unspecified atom stereocenters. The predicted molar refractivity (Wildman–Crippen MR) is 52.1 cm³/mol. The predicted octanol–water partition coefficient (Wildman–Crippen LogP) is 3.75. The molecule has 0 aromatic heterocycles. The third kappa shape index (κ3) is 5.33. The second-order valence-corrected chi connectivity index (χ2v) is 10.4. The Balaban J connectivity index is 3.73. The molecule has 0 atom stereocenters. The summed E-state index contributed by atoms with van der Waals surface area (Å²) in [4.78, 5) is 0. The average molecular weight is 197 g/mol. The van der Waals surface area contributed by atoms with Gasteiger partial charge >= 0.3 is 0 Å². The van der Waals surface area contributed by atoms with E-state index < -0.39 is 6.69 Å². The van der Waals surface area contributed by atoms with E-state index in [9.17, 15) is 0 Å². The van der Waals surface area contributed by atoms with Crippen molar-refractivity contribution in [3.63, 3.8) is 0 Å². The molecule has 0 aliphatic carbocycles. The smallest absolute Gasteiger partial charge is 0.146 e. The molecule has 3 heteroatoms. The van der Waals surface area contributed by atoms with E-state index >= 15 is 0 Å². The fourth-order valence-corrected chi connectivity index (χ4v) is 5.18. The van der Waals surface area contributed by atoms with Gasteiger partial charge in [0.05, 0.1) is 0 Å². The van der Waals surface area contributed by atoms with Crippen LogP contribution in [0.5, 0.6) is 0 Å². The van der Waals surface area contributed by atoms with Crippen LogP contribution in [0.1, 0.15) is 13.8 Å². The van der Waals surface area contributed by atoms with Gasteiger partial charge in [-0.3, -0.25) is 0 Å². The van der Waals surface area contributed by atoms with Gasteiger partial charge in [-0.05, 0) is 18.0 Å². The van der Waals surface area contributed by atoms with Gasteiger partial charge in [0.2, 0.25) is 0 Å². The van der Waals surface area contributed by atoms with Crippen LogP contribution in [-0.4, -0.2) is 6.69 Å². The van der Waals surface area contributed by atoms with Gasteiger partial charge in [0, 0.05) is 0 Å². The maximum atomic E-state index is 6.06. The van der Waals surface area contributed by atoms with Crippen LogP contribution in [0.15, 0.2) is 12.7 Å². The SMILES string of the molecule is C=CC[Si](Cl)(Cl)CC(C)C. The highest BCUT2D eigenvalue weighted by Gasteiger charge is 2.27. The molecule has 0 aromatic carbocycles. The lowest BCUT2D eigenvalue weighted by Gasteiger charge is -2.16. The summed E-state index contributed by atoms with van der Waals surface area (Å²) in [6, 6.07) is 1.76. The molecule has 0 aliphatic rings. The first-order valence-corrected chi connectivity index (χ1v) is 7.90. The first-order chi connectivity index (χ1) is 4.48. The van der Waals surface area contributed by atoms with Gasteiger partial charge < -0.3 is 0 Å². The van der Waals surface area contributed by atoms with Crippen molar-refractivity contribution >= 4 is 28.9 Å². The highest BCUT2D eigenvalue weighted by molar-refractivity contribution is 7.45. The Kier molecular flexibility index (Phi) is 4.66. The molecule has 0 bridgehead atoms. The molecule has 0 saturated heterocycles. The summed E-state index contributed by atoms with van der Waals surface area (Å²) in [5, 5.41) is 0. The normalized spacial score (nSPS) is 12.1. The minimum Gasteiger partial charge on any atom is -0.146 e. The summed E-state index contributed by atoms with van der Waals surface area (Å²) in [5.74, 6) is 0.599. The average Bonchev–Trinajstić information content (AvgIpc) is 1.59. The van der Waals surface area contributed by atoms with Crippen molar-refractivity contribution in [1.29, 1.82) is 0 Å². The molecule has 0 spiro atoms. The molecule has 0 N–H and O–H groups in total. The zero-order valence-corrected chi connectivity index (χ0v) is 9.04.